The highest BCUT2D eigenvalue weighted by atomic mass is 16.2. The van der Waals surface area contributed by atoms with E-state index in [1.165, 1.54) is 17.7 Å². The van der Waals surface area contributed by atoms with Crippen molar-refractivity contribution in [1.29, 1.82) is 0 Å². The number of rotatable bonds is 5. The Morgan fingerprint density at radius 1 is 1.12 bits per heavy atom. The fourth-order valence-electron chi connectivity index (χ4n) is 5.25. The van der Waals surface area contributed by atoms with Gasteiger partial charge < -0.3 is 15.1 Å². The molecule has 0 unspecified atom stereocenters. The van der Waals surface area contributed by atoms with Gasteiger partial charge in [0, 0.05) is 45.3 Å². The first-order valence-electron chi connectivity index (χ1n) is 12.5. The SMILES string of the molecule is CCCN1CCN(C(=O)c2cc3n(n2)C[C@](C)(C(=O)NC2CCCCCC2)N(C)C3=O)CC1. The Bertz CT molecular complexity index is 883. The van der Waals surface area contributed by atoms with Gasteiger partial charge in [0.05, 0.1) is 6.54 Å². The van der Waals surface area contributed by atoms with Crippen molar-refractivity contribution in [3.63, 3.8) is 0 Å². The van der Waals surface area contributed by atoms with Crippen LogP contribution >= 0.6 is 0 Å². The Labute approximate surface area is 196 Å². The summed E-state index contributed by atoms with van der Waals surface area (Å²) in [4.78, 5) is 45.2. The molecule has 33 heavy (non-hydrogen) atoms. The van der Waals surface area contributed by atoms with Gasteiger partial charge >= 0.3 is 0 Å². The fourth-order valence-corrected chi connectivity index (χ4v) is 5.25. The molecule has 0 bridgehead atoms. The van der Waals surface area contributed by atoms with Crippen LogP contribution in [-0.4, -0.2) is 93.6 Å². The predicted molar refractivity (Wildman–Crippen MR) is 125 cm³/mol. The smallest absolute Gasteiger partial charge is 0.274 e. The van der Waals surface area contributed by atoms with Crippen LogP contribution in [0.5, 0.6) is 0 Å². The highest BCUT2D eigenvalue weighted by molar-refractivity contribution is 6.01. The van der Waals surface area contributed by atoms with Crippen LogP contribution in [0.15, 0.2) is 6.07 Å². The molecule has 0 spiro atoms. The first kappa shape index (κ1) is 23.7. The number of likely N-dealkylation sites (N-methyl/N-ethyl adjacent to an activating group) is 1. The molecule has 1 aromatic rings. The molecule has 1 saturated heterocycles. The van der Waals surface area contributed by atoms with Crippen LogP contribution in [0, 0.1) is 0 Å². The first-order valence-corrected chi connectivity index (χ1v) is 12.5. The van der Waals surface area contributed by atoms with Gasteiger partial charge in [-0.05, 0) is 32.7 Å². The van der Waals surface area contributed by atoms with E-state index in [1.807, 2.05) is 4.90 Å². The number of piperazine rings is 1. The normalized spacial score (nSPS) is 25.0. The number of hydrogen-bond acceptors (Lipinski definition) is 5. The Hall–Kier alpha value is -2.42. The number of carbonyl (C=O) groups excluding carboxylic acids is 3. The Morgan fingerprint density at radius 2 is 1.79 bits per heavy atom. The van der Waals surface area contributed by atoms with Crippen molar-refractivity contribution in [3.05, 3.63) is 17.5 Å². The molecule has 4 rings (SSSR count). The zero-order valence-electron chi connectivity index (χ0n) is 20.3. The molecule has 3 heterocycles. The quantitative estimate of drug-likeness (QED) is 0.679. The molecule has 9 nitrogen and oxygen atoms in total. The molecular formula is C24H38N6O3. The average molecular weight is 459 g/mol. The largest absolute Gasteiger partial charge is 0.351 e. The van der Waals surface area contributed by atoms with Crippen molar-refractivity contribution in [2.45, 2.75) is 76.9 Å². The topological polar surface area (TPSA) is 90.8 Å². The summed E-state index contributed by atoms with van der Waals surface area (Å²) in [5, 5.41) is 7.68. The monoisotopic (exact) mass is 458 g/mol. The molecule has 3 aliphatic rings. The number of aromatic nitrogens is 2. The fraction of sp³-hybridized carbons (Fsp3) is 0.750. The lowest BCUT2D eigenvalue weighted by atomic mass is 9.95. The molecule has 182 valence electrons. The van der Waals surface area contributed by atoms with E-state index in [4.69, 9.17) is 0 Å². The van der Waals surface area contributed by atoms with Gasteiger partial charge in [-0.1, -0.05) is 32.6 Å². The molecule has 3 amide bonds. The van der Waals surface area contributed by atoms with E-state index < -0.39 is 5.54 Å². The molecule has 1 saturated carbocycles. The molecule has 1 atom stereocenters. The molecule has 9 heteroatoms. The van der Waals surface area contributed by atoms with Crippen molar-refractivity contribution in [2.75, 3.05) is 39.8 Å². The second-order valence-corrected chi connectivity index (χ2v) is 10.0. The number of hydrogen-bond donors (Lipinski definition) is 1. The van der Waals surface area contributed by atoms with Crippen LogP contribution in [0.2, 0.25) is 0 Å². The third-order valence-electron chi connectivity index (χ3n) is 7.60. The first-order chi connectivity index (χ1) is 15.8. The molecule has 2 aliphatic heterocycles. The lowest BCUT2D eigenvalue weighted by Crippen LogP contribution is -2.63. The van der Waals surface area contributed by atoms with Gasteiger partial charge in [-0.3, -0.25) is 24.0 Å². The van der Waals surface area contributed by atoms with Gasteiger partial charge in [-0.2, -0.15) is 5.10 Å². The second kappa shape index (κ2) is 9.83. The summed E-state index contributed by atoms with van der Waals surface area (Å²) in [5.41, 5.74) is -0.400. The van der Waals surface area contributed by atoms with Crippen LogP contribution in [0.4, 0.5) is 0 Å². The molecule has 0 aromatic carbocycles. The van der Waals surface area contributed by atoms with E-state index in [9.17, 15) is 14.4 Å². The van der Waals surface area contributed by atoms with Gasteiger partial charge in [0.25, 0.3) is 11.8 Å². The Morgan fingerprint density at radius 3 is 2.42 bits per heavy atom. The van der Waals surface area contributed by atoms with Crippen molar-refractivity contribution in [1.82, 2.24) is 29.8 Å². The van der Waals surface area contributed by atoms with Gasteiger partial charge in [-0.15, -0.1) is 0 Å². The lowest BCUT2D eigenvalue weighted by molar-refractivity contribution is -0.133. The highest BCUT2D eigenvalue weighted by Gasteiger charge is 2.47. The summed E-state index contributed by atoms with van der Waals surface area (Å²) in [6.45, 7) is 8.26. The maximum atomic E-state index is 13.3. The maximum absolute atomic E-state index is 13.3. The minimum atomic E-state index is -1.05. The van der Waals surface area contributed by atoms with Crippen LogP contribution in [0.25, 0.3) is 0 Å². The summed E-state index contributed by atoms with van der Waals surface area (Å²) in [7, 11) is 1.67. The Kier molecular flexibility index (Phi) is 7.07. The summed E-state index contributed by atoms with van der Waals surface area (Å²) < 4.78 is 1.55. The van der Waals surface area contributed by atoms with Crippen LogP contribution in [0.3, 0.4) is 0 Å². The van der Waals surface area contributed by atoms with Crippen molar-refractivity contribution in [2.24, 2.45) is 0 Å². The summed E-state index contributed by atoms with van der Waals surface area (Å²) in [5.74, 6) is -0.571. The standard InChI is InChI=1S/C24H38N6O3/c1-4-11-28-12-14-29(15-13-28)21(31)19-16-20-22(32)27(3)24(2,17-30(20)26-19)23(33)25-18-9-7-5-6-8-10-18/h16,18H,4-15,17H2,1-3H3,(H,25,33)/t24-/m1/s1. The summed E-state index contributed by atoms with van der Waals surface area (Å²) >= 11 is 0. The van der Waals surface area contributed by atoms with Crippen molar-refractivity contribution >= 4 is 17.7 Å². The maximum Gasteiger partial charge on any atom is 0.274 e. The second-order valence-electron chi connectivity index (χ2n) is 10.0. The zero-order valence-corrected chi connectivity index (χ0v) is 20.3. The average Bonchev–Trinajstić information content (AvgIpc) is 3.06. The van der Waals surface area contributed by atoms with Gasteiger partial charge in [-0.25, -0.2) is 0 Å². The van der Waals surface area contributed by atoms with Gasteiger partial charge in [0.1, 0.15) is 11.2 Å². The van der Waals surface area contributed by atoms with Crippen molar-refractivity contribution < 1.29 is 14.4 Å². The minimum Gasteiger partial charge on any atom is -0.351 e. The van der Waals surface area contributed by atoms with Gasteiger partial charge in [0.15, 0.2) is 5.69 Å². The van der Waals surface area contributed by atoms with Crippen LogP contribution < -0.4 is 5.32 Å². The van der Waals surface area contributed by atoms with Crippen molar-refractivity contribution in [3.8, 4) is 0 Å². The van der Waals surface area contributed by atoms with E-state index in [-0.39, 0.29) is 36.0 Å². The molecular weight excluding hydrogens is 420 g/mol. The van der Waals surface area contributed by atoms with E-state index in [1.54, 1.807) is 24.7 Å². The van der Waals surface area contributed by atoms with E-state index in [0.29, 0.717) is 18.8 Å². The lowest BCUT2D eigenvalue weighted by Gasteiger charge is -2.41. The third-order valence-corrected chi connectivity index (χ3v) is 7.60. The van der Waals surface area contributed by atoms with Crippen LogP contribution in [0.1, 0.15) is 79.8 Å². The molecule has 1 aliphatic carbocycles. The van der Waals surface area contributed by atoms with E-state index >= 15 is 0 Å². The minimum absolute atomic E-state index is 0.145. The number of nitrogens with one attached hydrogen (secondary N) is 1. The number of nitrogens with zero attached hydrogens (tertiary/aromatic N) is 5. The highest BCUT2D eigenvalue weighted by Crippen LogP contribution is 2.27. The van der Waals surface area contributed by atoms with E-state index in [0.717, 1.165) is 51.7 Å². The number of carbonyl (C=O) groups is 3. The predicted octanol–water partition coefficient (Wildman–Crippen LogP) is 1.73. The van der Waals surface area contributed by atoms with E-state index in [2.05, 4.69) is 22.2 Å². The summed E-state index contributed by atoms with van der Waals surface area (Å²) in [6, 6.07) is 1.74. The number of amides is 3. The Balaban J connectivity index is 1.47. The summed E-state index contributed by atoms with van der Waals surface area (Å²) in [6.07, 6.45) is 7.74. The molecule has 0 radical (unpaired) electrons. The number of fused-ring (bicyclic) bond motifs is 1. The molecule has 2 fully saturated rings. The van der Waals surface area contributed by atoms with Crippen LogP contribution in [-0.2, 0) is 11.3 Å². The third kappa shape index (κ3) is 4.78. The molecule has 1 aromatic heterocycles. The van der Waals surface area contributed by atoms with Gasteiger partial charge in [0.2, 0.25) is 5.91 Å². The molecule has 1 N–H and O–H groups in total. The zero-order chi connectivity index (χ0) is 23.6.